The second-order valence-corrected chi connectivity index (χ2v) is 17.3. The SMILES string of the molecule is CCCC[C@H](NC(C)=O)C(=O)N[C@H]1CCC(=O)NCC[C@@H](C(=O)N[C@@H](Cc2c[nH]c3ccccc23)C(N)=O)NC(=O)C(CCCN=C(N)N)NC(=O)[C@@H](Cc2ccccc2)NC(=O)N(CCCC)C1=O. The van der Waals surface area contributed by atoms with Gasteiger partial charge in [0.05, 0.1) is 0 Å². The zero-order valence-electron chi connectivity index (χ0n) is 40.1. The number of rotatable bonds is 20. The summed E-state index contributed by atoms with van der Waals surface area (Å²) in [6.45, 7) is 4.74. The van der Waals surface area contributed by atoms with Gasteiger partial charge in [0.2, 0.25) is 41.4 Å². The summed E-state index contributed by atoms with van der Waals surface area (Å²) in [4.78, 5) is 132. The molecule has 10 amide bonds. The van der Waals surface area contributed by atoms with Crippen LogP contribution in [0.15, 0.2) is 65.8 Å². The van der Waals surface area contributed by atoms with Crippen molar-refractivity contribution in [2.75, 3.05) is 19.6 Å². The number of fused-ring (bicyclic) bond motifs is 1. The van der Waals surface area contributed by atoms with Crippen molar-refractivity contribution in [2.24, 2.45) is 22.2 Å². The monoisotopic (exact) mass is 972 g/mol. The van der Waals surface area contributed by atoms with Gasteiger partial charge in [-0.2, -0.15) is 0 Å². The molecule has 1 fully saturated rings. The van der Waals surface area contributed by atoms with Crippen molar-refractivity contribution in [3.05, 3.63) is 71.9 Å². The summed E-state index contributed by atoms with van der Waals surface area (Å²) in [7, 11) is 0. The predicted octanol–water partition coefficient (Wildman–Crippen LogP) is 0.133. The molecule has 0 aliphatic carbocycles. The van der Waals surface area contributed by atoms with Gasteiger partial charge in [-0.3, -0.25) is 48.2 Å². The number of guanidine groups is 1. The number of hydrogen-bond donors (Lipinski definition) is 11. The number of aliphatic imine (C=N–C) groups is 1. The number of para-hydroxylation sites is 1. The van der Waals surface area contributed by atoms with Crippen LogP contribution < -0.4 is 54.4 Å². The van der Waals surface area contributed by atoms with Gasteiger partial charge in [-0.15, -0.1) is 0 Å². The van der Waals surface area contributed by atoms with Crippen LogP contribution in [0.5, 0.6) is 0 Å². The number of aromatic amines is 1. The number of carbonyl (C=O) groups is 9. The van der Waals surface area contributed by atoms with Gasteiger partial charge in [-0.1, -0.05) is 81.6 Å². The third kappa shape index (κ3) is 17.5. The van der Waals surface area contributed by atoms with E-state index in [0.717, 1.165) is 15.8 Å². The van der Waals surface area contributed by atoms with Crippen LogP contribution in [-0.2, 0) is 51.2 Å². The third-order valence-corrected chi connectivity index (χ3v) is 11.7. The lowest BCUT2D eigenvalue weighted by atomic mass is 10.0. The molecular formula is C48H69N13O9. The maximum atomic E-state index is 14.6. The molecule has 0 saturated carbocycles. The summed E-state index contributed by atoms with van der Waals surface area (Å²) in [6, 6.07) is 7.19. The molecule has 6 atom stereocenters. The van der Waals surface area contributed by atoms with Crippen LogP contribution in [0.4, 0.5) is 4.79 Å². The number of unbranched alkanes of at least 4 members (excludes halogenated alkanes) is 2. The fraction of sp³-hybridized carbons (Fsp3) is 0.500. The average Bonchev–Trinajstić information content (AvgIpc) is 3.73. The van der Waals surface area contributed by atoms with E-state index in [0.29, 0.717) is 36.8 Å². The van der Waals surface area contributed by atoms with Crippen molar-refractivity contribution < 1.29 is 43.2 Å². The molecule has 1 unspecified atom stereocenters. The highest BCUT2D eigenvalue weighted by atomic mass is 16.2. The second kappa shape index (κ2) is 28.1. The number of amides is 10. The Labute approximate surface area is 407 Å². The number of hydrogen-bond acceptors (Lipinski definition) is 10. The van der Waals surface area contributed by atoms with Gasteiger partial charge in [-0.05, 0) is 55.7 Å². The molecule has 1 aliphatic rings. The Bertz CT molecular complexity index is 2320. The molecule has 14 N–H and O–H groups in total. The lowest BCUT2D eigenvalue weighted by Crippen LogP contribution is -2.61. The molecule has 0 spiro atoms. The first-order chi connectivity index (χ1) is 33.5. The lowest BCUT2D eigenvalue weighted by Gasteiger charge is -2.30. The minimum atomic E-state index is -1.45. The number of aromatic nitrogens is 1. The van der Waals surface area contributed by atoms with E-state index >= 15 is 0 Å². The number of nitrogens with two attached hydrogens (primary N) is 3. The number of nitrogens with one attached hydrogen (secondary N) is 8. The van der Waals surface area contributed by atoms with Crippen LogP contribution in [0.3, 0.4) is 0 Å². The van der Waals surface area contributed by atoms with Crippen molar-refractivity contribution in [3.8, 4) is 0 Å². The van der Waals surface area contributed by atoms with Crippen LogP contribution in [-0.4, -0.2) is 125 Å². The van der Waals surface area contributed by atoms with Crippen molar-refractivity contribution in [3.63, 3.8) is 0 Å². The van der Waals surface area contributed by atoms with E-state index in [2.05, 4.69) is 47.2 Å². The minimum Gasteiger partial charge on any atom is -0.370 e. The number of primary amides is 1. The molecule has 22 nitrogen and oxygen atoms in total. The van der Waals surface area contributed by atoms with Gasteiger partial charge in [0.25, 0.3) is 5.91 Å². The number of benzene rings is 2. The Hall–Kier alpha value is -7.52. The molecule has 4 rings (SSSR count). The summed E-state index contributed by atoms with van der Waals surface area (Å²) in [5.74, 6) is -6.16. The number of nitrogens with zero attached hydrogens (tertiary/aromatic N) is 2. The maximum Gasteiger partial charge on any atom is 0.324 e. The summed E-state index contributed by atoms with van der Waals surface area (Å²) >= 11 is 0. The van der Waals surface area contributed by atoms with E-state index < -0.39 is 89.5 Å². The zero-order valence-corrected chi connectivity index (χ0v) is 40.1. The highest BCUT2D eigenvalue weighted by molar-refractivity contribution is 6.01. The summed E-state index contributed by atoms with van der Waals surface area (Å²) in [6.07, 6.45) is 3.26. The van der Waals surface area contributed by atoms with Crippen molar-refractivity contribution >= 4 is 70.2 Å². The van der Waals surface area contributed by atoms with E-state index in [9.17, 15) is 43.2 Å². The lowest BCUT2D eigenvalue weighted by molar-refractivity contribution is -0.136. The molecule has 3 aromatic rings. The molecule has 2 heterocycles. The molecule has 1 aliphatic heterocycles. The van der Waals surface area contributed by atoms with Gasteiger partial charge < -0.3 is 59.4 Å². The fourth-order valence-electron chi connectivity index (χ4n) is 7.88. The van der Waals surface area contributed by atoms with E-state index in [1.54, 1.807) is 36.5 Å². The Morgan fingerprint density at radius 3 is 2.20 bits per heavy atom. The summed E-state index contributed by atoms with van der Waals surface area (Å²) in [5.41, 5.74) is 19.0. The predicted molar refractivity (Wildman–Crippen MR) is 262 cm³/mol. The topological polar surface area (TPSA) is 347 Å². The zero-order chi connectivity index (χ0) is 51.2. The number of carbonyl (C=O) groups excluding carboxylic acids is 9. The highest BCUT2D eigenvalue weighted by Gasteiger charge is 2.36. The summed E-state index contributed by atoms with van der Waals surface area (Å²) < 4.78 is 0. The van der Waals surface area contributed by atoms with E-state index in [4.69, 9.17) is 17.2 Å². The van der Waals surface area contributed by atoms with Crippen molar-refractivity contribution in [2.45, 2.75) is 134 Å². The number of urea groups is 1. The normalized spacial score (nSPS) is 19.5. The highest BCUT2D eigenvalue weighted by Crippen LogP contribution is 2.19. The quantitative estimate of drug-likeness (QED) is 0.0411. The van der Waals surface area contributed by atoms with Crippen LogP contribution in [0.1, 0.15) is 96.1 Å². The van der Waals surface area contributed by atoms with E-state index in [-0.39, 0.29) is 77.0 Å². The average molecular weight is 972 g/mol. The van der Waals surface area contributed by atoms with Gasteiger partial charge in [0.15, 0.2) is 5.96 Å². The molecule has 70 heavy (non-hydrogen) atoms. The van der Waals surface area contributed by atoms with Crippen LogP contribution in [0.25, 0.3) is 10.9 Å². The first kappa shape index (κ1) is 55.1. The van der Waals surface area contributed by atoms with Gasteiger partial charge in [-0.25, -0.2) is 4.79 Å². The molecule has 0 radical (unpaired) electrons. The molecular weight excluding hydrogens is 903 g/mol. The Morgan fingerprint density at radius 1 is 0.814 bits per heavy atom. The van der Waals surface area contributed by atoms with Gasteiger partial charge >= 0.3 is 6.03 Å². The first-order valence-corrected chi connectivity index (χ1v) is 23.8. The Kier molecular flexibility index (Phi) is 22.1. The minimum absolute atomic E-state index is 0.00303. The van der Waals surface area contributed by atoms with Gasteiger partial charge in [0.1, 0.15) is 36.3 Å². The van der Waals surface area contributed by atoms with Crippen molar-refractivity contribution in [1.82, 2.24) is 47.1 Å². The molecule has 2 aromatic carbocycles. The van der Waals surface area contributed by atoms with E-state index in [1.165, 1.54) is 6.92 Å². The fourth-order valence-corrected chi connectivity index (χ4v) is 7.88. The standard InChI is InChI=1S/C48H69N13O9/c1-4-6-17-34(55-29(3)62)42(65)58-37-20-21-40(63)52-24-22-36(44(67)59-38(41(49)64)27-31-28-54-33-18-12-11-16-32(31)33)57-43(66)35(19-13-23-53-47(50)51)56-45(68)39(26-30-14-9-8-10-15-30)60-48(70)61(46(37)69)25-7-5-2/h8-12,14-16,18,28,34-39,54H,4-7,13,17,19-27H2,1-3H3,(H2,49,64)(H,52,63)(H,55,62)(H,56,68)(H,57,66)(H,58,65)(H,59,67)(H,60,70)(H4,50,51,53)/t34-,35?,36-,37-,38-,39+/m0/s1. The second-order valence-electron chi connectivity index (χ2n) is 17.3. The Balaban J connectivity index is 1.75. The number of imide groups is 1. The molecule has 1 aromatic heterocycles. The van der Waals surface area contributed by atoms with Gasteiger partial charge in [0, 0.05) is 62.9 Å². The first-order valence-electron chi connectivity index (χ1n) is 23.8. The molecule has 22 heteroatoms. The molecule has 380 valence electrons. The smallest absolute Gasteiger partial charge is 0.324 e. The Morgan fingerprint density at radius 2 is 1.51 bits per heavy atom. The van der Waals surface area contributed by atoms with Crippen molar-refractivity contribution in [1.29, 1.82) is 0 Å². The van der Waals surface area contributed by atoms with Crippen LogP contribution >= 0.6 is 0 Å². The largest absolute Gasteiger partial charge is 0.370 e. The third-order valence-electron chi connectivity index (χ3n) is 11.7. The maximum absolute atomic E-state index is 14.6. The van der Waals surface area contributed by atoms with Crippen LogP contribution in [0.2, 0.25) is 0 Å². The summed E-state index contributed by atoms with van der Waals surface area (Å²) in [5, 5.41) is 19.5. The molecule has 0 bridgehead atoms. The van der Waals surface area contributed by atoms with E-state index in [1.807, 2.05) is 38.1 Å². The van der Waals surface area contributed by atoms with Crippen LogP contribution in [0, 0.1) is 0 Å². The molecule has 1 saturated heterocycles. The number of H-pyrrole nitrogens is 1.